The van der Waals surface area contributed by atoms with Crippen LogP contribution in [0, 0.1) is 11.6 Å². The fourth-order valence-electron chi connectivity index (χ4n) is 4.97. The predicted molar refractivity (Wildman–Crippen MR) is 164 cm³/mol. The van der Waals surface area contributed by atoms with E-state index in [4.69, 9.17) is 4.42 Å². The van der Waals surface area contributed by atoms with E-state index in [-0.39, 0.29) is 17.1 Å². The number of nitrogens with zero attached hydrogens (tertiary/aromatic N) is 1. The van der Waals surface area contributed by atoms with Crippen molar-refractivity contribution in [1.82, 2.24) is 5.32 Å². The van der Waals surface area contributed by atoms with Gasteiger partial charge in [0.15, 0.2) is 0 Å². The highest BCUT2D eigenvalue weighted by molar-refractivity contribution is 7.92. The van der Waals surface area contributed by atoms with Crippen molar-refractivity contribution >= 4 is 54.0 Å². The molecule has 0 unspecified atom stereocenters. The average Bonchev–Trinajstić information content (AvgIpc) is 3.58. The second kappa shape index (κ2) is 10.4. The van der Waals surface area contributed by atoms with Crippen molar-refractivity contribution < 1.29 is 26.4 Å². The minimum Gasteiger partial charge on any atom is -0.455 e. The van der Waals surface area contributed by atoms with Crippen LogP contribution in [-0.4, -0.2) is 34.7 Å². The summed E-state index contributed by atoms with van der Waals surface area (Å²) in [4.78, 5) is 14.0. The predicted octanol–water partition coefficient (Wildman–Crippen LogP) is 7.68. The van der Waals surface area contributed by atoms with Crippen molar-refractivity contribution in [2.24, 2.45) is 0 Å². The second-order valence-electron chi connectivity index (χ2n) is 9.84. The maximum Gasteiger partial charge on any atom is 0.255 e. The van der Waals surface area contributed by atoms with E-state index in [0.717, 1.165) is 26.4 Å². The lowest BCUT2D eigenvalue weighted by atomic mass is 9.97. The quantitative estimate of drug-likeness (QED) is 0.212. The lowest BCUT2D eigenvalue weighted by Gasteiger charge is -2.21. The number of thiophene rings is 1. The summed E-state index contributed by atoms with van der Waals surface area (Å²) in [6.45, 7) is 0. The molecular weight excluding hydrogens is 578 g/mol. The number of rotatable bonds is 6. The Morgan fingerprint density at radius 2 is 1.62 bits per heavy atom. The molecule has 0 radical (unpaired) electrons. The van der Waals surface area contributed by atoms with Crippen molar-refractivity contribution in [3.05, 3.63) is 102 Å². The van der Waals surface area contributed by atoms with E-state index >= 15 is 0 Å². The van der Waals surface area contributed by atoms with Crippen molar-refractivity contribution in [3.8, 4) is 32.9 Å². The van der Waals surface area contributed by atoms with Crippen LogP contribution in [0.2, 0.25) is 0 Å². The number of hydrogen-bond acceptors (Lipinski definition) is 5. The molecule has 0 fully saturated rings. The van der Waals surface area contributed by atoms with Gasteiger partial charge in [0.25, 0.3) is 5.91 Å². The Morgan fingerprint density at radius 3 is 2.31 bits per heavy atom. The average molecular weight is 603 g/mol. The lowest BCUT2D eigenvalue weighted by molar-refractivity contribution is 0.0964. The van der Waals surface area contributed by atoms with Crippen molar-refractivity contribution in [2.45, 2.75) is 0 Å². The van der Waals surface area contributed by atoms with Gasteiger partial charge < -0.3 is 9.73 Å². The van der Waals surface area contributed by atoms with Gasteiger partial charge in [-0.3, -0.25) is 9.10 Å². The van der Waals surface area contributed by atoms with Crippen LogP contribution in [0.4, 0.5) is 14.5 Å². The second-order valence-corrected chi connectivity index (χ2v) is 12.9. The molecule has 6 nitrogen and oxygen atoms in total. The highest BCUT2D eigenvalue weighted by Gasteiger charge is 2.26. The zero-order valence-corrected chi connectivity index (χ0v) is 24.4. The topological polar surface area (TPSA) is 79.6 Å². The van der Waals surface area contributed by atoms with Crippen LogP contribution in [0.25, 0.3) is 53.9 Å². The molecule has 0 aliphatic carbocycles. The monoisotopic (exact) mass is 602 g/mol. The lowest BCUT2D eigenvalue weighted by Crippen LogP contribution is -2.25. The Morgan fingerprint density at radius 1 is 0.905 bits per heavy atom. The molecule has 0 saturated carbocycles. The van der Waals surface area contributed by atoms with Gasteiger partial charge >= 0.3 is 0 Å². The molecule has 6 aromatic rings. The van der Waals surface area contributed by atoms with Gasteiger partial charge in [-0.25, -0.2) is 17.2 Å². The van der Waals surface area contributed by atoms with Gasteiger partial charge in [0.05, 0.1) is 22.2 Å². The van der Waals surface area contributed by atoms with Gasteiger partial charge in [-0.2, -0.15) is 0 Å². The molecule has 0 aliphatic heterocycles. The standard InChI is InChI=1S/C32H24F2N2O4S2/c1-35-32(37)29-24-16-23(19-6-4-7-20(14-19)28-15-21-8-5-9-25(34)31(21)41-28)26(36(2)42(3,38)39)17-27(24)40-30(29)18-10-12-22(33)13-11-18/h4-17H,1-3H3,(H,35,37). The smallest absolute Gasteiger partial charge is 0.255 e. The van der Waals surface area contributed by atoms with E-state index < -0.39 is 21.7 Å². The first-order valence-corrected chi connectivity index (χ1v) is 15.5. The highest BCUT2D eigenvalue weighted by atomic mass is 32.2. The van der Waals surface area contributed by atoms with Crippen LogP contribution in [0.5, 0.6) is 0 Å². The van der Waals surface area contributed by atoms with Crippen molar-refractivity contribution in [3.63, 3.8) is 0 Å². The summed E-state index contributed by atoms with van der Waals surface area (Å²) < 4.78 is 61.4. The molecule has 0 spiro atoms. The Bertz CT molecular complexity index is 2120. The van der Waals surface area contributed by atoms with Gasteiger partial charge in [-0.05, 0) is 65.0 Å². The molecule has 4 aromatic carbocycles. The van der Waals surface area contributed by atoms with Crippen molar-refractivity contribution in [2.75, 3.05) is 24.7 Å². The molecular formula is C32H24F2N2O4S2. The van der Waals surface area contributed by atoms with Crippen LogP contribution in [0.15, 0.2) is 89.3 Å². The highest BCUT2D eigenvalue weighted by Crippen LogP contribution is 2.43. The number of carbonyl (C=O) groups is 1. The molecule has 0 bridgehead atoms. The summed E-state index contributed by atoms with van der Waals surface area (Å²) >= 11 is 1.33. The summed E-state index contributed by atoms with van der Waals surface area (Å²) in [6.07, 6.45) is 1.10. The molecule has 0 atom stereocenters. The van der Waals surface area contributed by atoms with Crippen molar-refractivity contribution in [1.29, 1.82) is 0 Å². The number of carbonyl (C=O) groups excluding carboxylic acids is 1. The molecule has 1 N–H and O–H groups in total. The first-order valence-electron chi connectivity index (χ1n) is 12.9. The third-order valence-corrected chi connectivity index (χ3v) is 9.56. The Labute approximate surface area is 244 Å². The number of halogens is 2. The minimum absolute atomic E-state index is 0.232. The molecule has 0 aliphatic rings. The van der Waals surface area contributed by atoms with E-state index in [1.54, 1.807) is 18.2 Å². The van der Waals surface area contributed by atoms with Crippen LogP contribution in [0.1, 0.15) is 10.4 Å². The van der Waals surface area contributed by atoms with Gasteiger partial charge in [-0.1, -0.05) is 30.3 Å². The summed E-state index contributed by atoms with van der Waals surface area (Å²) in [5.41, 5.74) is 3.42. The van der Waals surface area contributed by atoms with Crippen LogP contribution < -0.4 is 9.62 Å². The van der Waals surface area contributed by atoms with Crippen LogP contribution in [0.3, 0.4) is 0 Å². The third-order valence-electron chi connectivity index (χ3n) is 7.16. The number of nitrogens with one attached hydrogen (secondary N) is 1. The zero-order chi connectivity index (χ0) is 29.8. The normalized spacial score (nSPS) is 11.7. The minimum atomic E-state index is -3.69. The number of hydrogen-bond donors (Lipinski definition) is 1. The SMILES string of the molecule is CNC(=O)c1c(-c2ccc(F)cc2)oc2cc(N(C)S(C)(=O)=O)c(-c3cccc(-c4cc5cccc(F)c5s4)c3)cc12. The largest absolute Gasteiger partial charge is 0.455 e. The van der Waals surface area contributed by atoms with Gasteiger partial charge in [0.1, 0.15) is 23.0 Å². The summed E-state index contributed by atoms with van der Waals surface area (Å²) in [5.74, 6) is -0.905. The molecule has 1 amide bonds. The molecule has 10 heteroatoms. The van der Waals surface area contributed by atoms with Gasteiger partial charge in [0.2, 0.25) is 10.0 Å². The molecule has 42 heavy (non-hydrogen) atoms. The maximum atomic E-state index is 14.4. The maximum absolute atomic E-state index is 14.4. The number of furan rings is 1. The third kappa shape index (κ3) is 4.82. The van der Waals surface area contributed by atoms with E-state index in [1.807, 2.05) is 36.4 Å². The number of amides is 1. The summed E-state index contributed by atoms with van der Waals surface area (Å²) in [7, 11) is -0.743. The van der Waals surface area contributed by atoms with E-state index in [0.29, 0.717) is 38.0 Å². The van der Waals surface area contributed by atoms with Crippen LogP contribution >= 0.6 is 11.3 Å². The van der Waals surface area contributed by atoms with Gasteiger partial charge in [-0.15, -0.1) is 11.3 Å². The fraction of sp³-hybridized carbons (Fsp3) is 0.0938. The summed E-state index contributed by atoms with van der Waals surface area (Å²) in [5, 5.41) is 3.90. The van der Waals surface area contributed by atoms with Crippen LogP contribution in [-0.2, 0) is 10.0 Å². The number of fused-ring (bicyclic) bond motifs is 2. The molecule has 2 aromatic heterocycles. The Balaban J connectivity index is 1.60. The molecule has 2 heterocycles. The van der Waals surface area contributed by atoms with E-state index in [1.165, 1.54) is 55.8 Å². The Hall–Kier alpha value is -4.54. The zero-order valence-electron chi connectivity index (χ0n) is 22.7. The molecule has 0 saturated heterocycles. The van der Waals surface area contributed by atoms with E-state index in [2.05, 4.69) is 5.32 Å². The number of anilines is 1. The fourth-order valence-corrected chi connectivity index (χ4v) is 6.54. The molecule has 212 valence electrons. The number of sulfonamides is 1. The van der Waals surface area contributed by atoms with Gasteiger partial charge in [0, 0.05) is 41.6 Å². The van der Waals surface area contributed by atoms with E-state index in [9.17, 15) is 22.0 Å². The first kappa shape index (κ1) is 27.6. The molecule has 6 rings (SSSR count). The summed E-state index contributed by atoms with van der Waals surface area (Å²) in [6, 6.07) is 23.3. The first-order chi connectivity index (χ1) is 20.0. The Kier molecular flexibility index (Phi) is 6.83. The number of benzene rings is 4.